The largest absolute Gasteiger partial charge is 0.504 e. The van der Waals surface area contributed by atoms with Crippen molar-refractivity contribution in [3.05, 3.63) is 66.0 Å². The third-order valence-corrected chi connectivity index (χ3v) is 4.88. The molecule has 0 spiro atoms. The quantitative estimate of drug-likeness (QED) is 0.395. The molecular weight excluding hydrogens is 353 g/mol. The molecule has 2 aromatic heterocycles. The van der Waals surface area contributed by atoms with E-state index in [4.69, 9.17) is 0 Å². The molecule has 9 nitrogen and oxygen atoms in total. The Labute approximate surface area is 140 Å². The van der Waals surface area contributed by atoms with E-state index in [-0.39, 0.29) is 16.4 Å². The Morgan fingerprint density at radius 2 is 1.96 bits per heavy atom. The maximum atomic E-state index is 13.0. The Kier molecular flexibility index (Phi) is 4.15. The van der Waals surface area contributed by atoms with Crippen LogP contribution in [0, 0.1) is 5.82 Å². The summed E-state index contributed by atoms with van der Waals surface area (Å²) in [6.07, 6.45) is 1.95. The summed E-state index contributed by atoms with van der Waals surface area (Å²) in [5.41, 5.74) is -0.223. The molecule has 0 amide bonds. The lowest BCUT2D eigenvalue weighted by Crippen LogP contribution is -2.17. The van der Waals surface area contributed by atoms with Crippen LogP contribution in [0.4, 0.5) is 4.39 Å². The summed E-state index contributed by atoms with van der Waals surface area (Å²) in [4.78, 5) is 12.1. The van der Waals surface area contributed by atoms with Crippen molar-refractivity contribution in [3.8, 4) is 0 Å². The second-order valence-electron chi connectivity index (χ2n) is 4.78. The molecule has 25 heavy (non-hydrogen) atoms. The van der Waals surface area contributed by atoms with E-state index in [1.165, 1.54) is 18.3 Å². The molecule has 2 heterocycles. The minimum atomic E-state index is -4.11. The lowest BCUT2D eigenvalue weighted by atomic mass is 10.2. The predicted molar refractivity (Wildman–Crippen MR) is 82.5 cm³/mol. The summed E-state index contributed by atoms with van der Waals surface area (Å²) in [7, 11) is -4.11. The van der Waals surface area contributed by atoms with Gasteiger partial charge in [0.2, 0.25) is 11.6 Å². The van der Waals surface area contributed by atoms with E-state index < -0.39 is 27.4 Å². The fraction of sp³-hybridized carbons (Fsp3) is 0. The number of rotatable bonds is 5. The first-order valence-corrected chi connectivity index (χ1v) is 8.21. The zero-order chi connectivity index (χ0) is 18.0. The highest BCUT2D eigenvalue weighted by molar-refractivity contribution is 7.90. The Morgan fingerprint density at radius 3 is 2.60 bits per heavy atom. The molecule has 128 valence electrons. The molecule has 0 atom stereocenters. The standard InChI is InChI=1S/C14H10FN5O4S/c15-9-3-5-10(6-4-9)25(23,24)20-7-1-2-11(20)12(21)8-13(22)14-16-18-19-17-14/h1-8,22H,(H,16,17,18,19). The van der Waals surface area contributed by atoms with E-state index in [0.717, 1.165) is 34.3 Å². The summed E-state index contributed by atoms with van der Waals surface area (Å²) in [5.74, 6) is -2.17. The molecule has 0 fully saturated rings. The SMILES string of the molecule is O=C(C=C(O)c1nn[nH]n1)c1cccn1S(=O)(=O)c1ccc(F)cc1. The van der Waals surface area contributed by atoms with Gasteiger partial charge in [0, 0.05) is 12.3 Å². The molecule has 0 aliphatic heterocycles. The van der Waals surface area contributed by atoms with Gasteiger partial charge >= 0.3 is 0 Å². The van der Waals surface area contributed by atoms with Crippen LogP contribution in [0.5, 0.6) is 0 Å². The highest BCUT2D eigenvalue weighted by Gasteiger charge is 2.22. The van der Waals surface area contributed by atoms with Gasteiger partial charge in [-0.3, -0.25) is 4.79 Å². The van der Waals surface area contributed by atoms with E-state index in [0.29, 0.717) is 0 Å². The number of carbonyl (C=O) groups is 1. The second kappa shape index (κ2) is 6.28. The first-order chi connectivity index (χ1) is 11.9. The van der Waals surface area contributed by atoms with Crippen LogP contribution in [0.25, 0.3) is 5.76 Å². The number of aliphatic hydroxyl groups excluding tert-OH is 1. The normalized spacial score (nSPS) is 12.3. The maximum absolute atomic E-state index is 13.0. The smallest absolute Gasteiger partial charge is 0.268 e. The van der Waals surface area contributed by atoms with Crippen LogP contribution in [0.2, 0.25) is 0 Å². The van der Waals surface area contributed by atoms with Gasteiger partial charge in [-0.25, -0.2) is 16.8 Å². The van der Waals surface area contributed by atoms with Gasteiger partial charge in [0.25, 0.3) is 10.0 Å². The highest BCUT2D eigenvalue weighted by atomic mass is 32.2. The van der Waals surface area contributed by atoms with E-state index in [1.807, 2.05) is 0 Å². The van der Waals surface area contributed by atoms with Crippen LogP contribution in [-0.2, 0) is 10.0 Å². The van der Waals surface area contributed by atoms with E-state index in [2.05, 4.69) is 20.6 Å². The van der Waals surface area contributed by atoms with Crippen LogP contribution in [0.15, 0.2) is 53.6 Å². The number of nitrogens with zero attached hydrogens (tertiary/aromatic N) is 4. The minimum Gasteiger partial charge on any atom is -0.504 e. The minimum absolute atomic E-state index is 0.189. The number of H-pyrrole nitrogens is 1. The number of ketones is 1. The average molecular weight is 363 g/mol. The van der Waals surface area contributed by atoms with Crippen molar-refractivity contribution < 1.29 is 22.7 Å². The van der Waals surface area contributed by atoms with Crippen LogP contribution >= 0.6 is 0 Å². The topological polar surface area (TPSA) is 131 Å². The summed E-state index contributed by atoms with van der Waals surface area (Å²) >= 11 is 0. The number of aromatic amines is 1. The van der Waals surface area contributed by atoms with Crippen molar-refractivity contribution in [1.82, 2.24) is 24.6 Å². The lowest BCUT2D eigenvalue weighted by molar-refractivity contribution is 0.104. The molecular formula is C14H10FN5O4S. The van der Waals surface area contributed by atoms with Crippen molar-refractivity contribution in [2.24, 2.45) is 0 Å². The van der Waals surface area contributed by atoms with Crippen LogP contribution in [-0.4, -0.2) is 43.9 Å². The molecule has 0 aliphatic carbocycles. The van der Waals surface area contributed by atoms with E-state index >= 15 is 0 Å². The Hall–Kier alpha value is -3.34. The molecule has 0 unspecified atom stereocenters. The summed E-state index contributed by atoms with van der Waals surface area (Å²) < 4.78 is 39.0. The van der Waals surface area contributed by atoms with Gasteiger partial charge in [0.1, 0.15) is 11.5 Å². The fourth-order valence-electron chi connectivity index (χ4n) is 2.02. The Morgan fingerprint density at radius 1 is 1.24 bits per heavy atom. The number of nitrogens with one attached hydrogen (secondary N) is 1. The fourth-order valence-corrected chi connectivity index (χ4v) is 3.37. The number of carbonyl (C=O) groups excluding carboxylic acids is 1. The first kappa shape index (κ1) is 16.5. The van der Waals surface area contributed by atoms with E-state index in [9.17, 15) is 22.7 Å². The van der Waals surface area contributed by atoms with Gasteiger partial charge in [-0.05, 0) is 41.6 Å². The summed E-state index contributed by atoms with van der Waals surface area (Å²) in [6.45, 7) is 0. The maximum Gasteiger partial charge on any atom is 0.268 e. The first-order valence-electron chi connectivity index (χ1n) is 6.77. The molecule has 0 bridgehead atoms. The zero-order valence-corrected chi connectivity index (χ0v) is 13.2. The highest BCUT2D eigenvalue weighted by Crippen LogP contribution is 2.18. The number of aromatic nitrogens is 5. The van der Waals surface area contributed by atoms with Gasteiger partial charge in [0.15, 0.2) is 5.76 Å². The summed E-state index contributed by atoms with van der Waals surface area (Å²) in [5, 5.41) is 22.1. The van der Waals surface area contributed by atoms with Crippen molar-refractivity contribution in [2.75, 3.05) is 0 Å². The number of halogens is 1. The molecule has 3 rings (SSSR count). The Bertz CT molecular complexity index is 1040. The van der Waals surface area contributed by atoms with Gasteiger partial charge in [-0.1, -0.05) is 0 Å². The number of tetrazole rings is 1. The van der Waals surface area contributed by atoms with Crippen LogP contribution in [0.3, 0.4) is 0 Å². The zero-order valence-electron chi connectivity index (χ0n) is 12.4. The number of benzene rings is 1. The summed E-state index contributed by atoms with van der Waals surface area (Å²) in [6, 6.07) is 6.80. The molecule has 2 N–H and O–H groups in total. The third-order valence-electron chi connectivity index (χ3n) is 3.18. The molecule has 0 radical (unpaired) electrons. The van der Waals surface area contributed by atoms with E-state index in [1.54, 1.807) is 0 Å². The number of hydrogen-bond acceptors (Lipinski definition) is 7. The van der Waals surface area contributed by atoms with Crippen molar-refractivity contribution in [1.29, 1.82) is 0 Å². The molecule has 11 heteroatoms. The molecule has 0 saturated carbocycles. The number of hydrogen-bond donors (Lipinski definition) is 2. The lowest BCUT2D eigenvalue weighted by Gasteiger charge is -2.09. The Balaban J connectivity index is 1.99. The molecule has 0 aliphatic rings. The van der Waals surface area contributed by atoms with Gasteiger partial charge < -0.3 is 5.11 Å². The van der Waals surface area contributed by atoms with Crippen molar-refractivity contribution >= 4 is 21.6 Å². The molecule has 1 aromatic carbocycles. The number of aliphatic hydroxyl groups is 1. The van der Waals surface area contributed by atoms with Gasteiger partial charge in [0.05, 0.1) is 4.90 Å². The molecule has 0 saturated heterocycles. The monoisotopic (exact) mass is 363 g/mol. The van der Waals surface area contributed by atoms with Crippen molar-refractivity contribution in [3.63, 3.8) is 0 Å². The van der Waals surface area contributed by atoms with Gasteiger partial charge in [-0.15, -0.1) is 10.2 Å². The molecule has 3 aromatic rings. The average Bonchev–Trinajstić information content (AvgIpc) is 3.27. The van der Waals surface area contributed by atoms with Crippen LogP contribution in [0.1, 0.15) is 16.3 Å². The predicted octanol–water partition coefficient (Wildman–Crippen LogP) is 1.16. The number of allylic oxidation sites excluding steroid dienone is 1. The second-order valence-corrected chi connectivity index (χ2v) is 6.59. The third kappa shape index (κ3) is 3.17. The van der Waals surface area contributed by atoms with Crippen LogP contribution < -0.4 is 0 Å². The van der Waals surface area contributed by atoms with Gasteiger partial charge in [-0.2, -0.15) is 5.21 Å². The van der Waals surface area contributed by atoms with Crippen molar-refractivity contribution in [2.45, 2.75) is 4.90 Å².